The summed E-state index contributed by atoms with van der Waals surface area (Å²) < 4.78 is 0. The molecule has 1 aromatic rings. The van der Waals surface area contributed by atoms with Gasteiger partial charge >= 0.3 is 0 Å². The zero-order valence-electron chi connectivity index (χ0n) is 6.85. The summed E-state index contributed by atoms with van der Waals surface area (Å²) in [7, 11) is 1.93. The van der Waals surface area contributed by atoms with Crippen LogP contribution in [0.2, 0.25) is 0 Å². The molecular weight excluding hydrogens is 156 g/mol. The molecule has 0 radical (unpaired) electrons. The normalized spacial score (nSPS) is 21.8. The van der Waals surface area contributed by atoms with E-state index >= 15 is 0 Å². The fourth-order valence-corrected chi connectivity index (χ4v) is 2.57. The summed E-state index contributed by atoms with van der Waals surface area (Å²) in [5, 5.41) is 4.16. The van der Waals surface area contributed by atoms with Crippen LogP contribution in [0.4, 0.5) is 5.13 Å². The Morgan fingerprint density at radius 2 is 2.45 bits per heavy atom. The molecule has 0 fully saturated rings. The number of anilines is 1. The molecule has 0 aromatic carbocycles. The van der Waals surface area contributed by atoms with Gasteiger partial charge in [0.05, 0.1) is 5.69 Å². The Kier molecular flexibility index (Phi) is 1.60. The molecule has 60 valence electrons. The van der Waals surface area contributed by atoms with Gasteiger partial charge in [0.2, 0.25) is 0 Å². The van der Waals surface area contributed by atoms with Crippen molar-refractivity contribution in [3.8, 4) is 0 Å². The van der Waals surface area contributed by atoms with Gasteiger partial charge in [0.15, 0.2) is 5.13 Å². The molecule has 1 aliphatic carbocycles. The van der Waals surface area contributed by atoms with Crippen molar-refractivity contribution in [3.63, 3.8) is 0 Å². The zero-order chi connectivity index (χ0) is 7.84. The van der Waals surface area contributed by atoms with Gasteiger partial charge in [-0.15, -0.1) is 11.3 Å². The molecular formula is C8H12N2S. The van der Waals surface area contributed by atoms with E-state index in [-0.39, 0.29) is 0 Å². The van der Waals surface area contributed by atoms with Crippen molar-refractivity contribution in [3.05, 3.63) is 10.6 Å². The Hall–Kier alpha value is -0.570. The third-order valence-electron chi connectivity index (χ3n) is 2.21. The summed E-state index contributed by atoms with van der Waals surface area (Å²) in [6.45, 7) is 2.25. The van der Waals surface area contributed by atoms with Crippen molar-refractivity contribution in [2.75, 3.05) is 12.4 Å². The average molecular weight is 168 g/mol. The van der Waals surface area contributed by atoms with Crippen molar-refractivity contribution in [2.45, 2.75) is 25.7 Å². The van der Waals surface area contributed by atoms with E-state index in [4.69, 9.17) is 0 Å². The van der Waals surface area contributed by atoms with E-state index in [9.17, 15) is 0 Å². The van der Waals surface area contributed by atoms with Gasteiger partial charge in [-0.2, -0.15) is 0 Å². The number of aromatic nitrogens is 1. The first-order chi connectivity index (χ1) is 5.31. The minimum absolute atomic E-state index is 0.684. The lowest BCUT2D eigenvalue weighted by molar-refractivity contribution is 0.731. The molecule has 0 saturated heterocycles. The number of thiazole rings is 1. The highest BCUT2D eigenvalue weighted by atomic mass is 32.1. The average Bonchev–Trinajstić information content (AvgIpc) is 2.53. The molecule has 11 heavy (non-hydrogen) atoms. The molecule has 1 unspecified atom stereocenters. The molecule has 0 bridgehead atoms. The molecule has 0 spiro atoms. The highest BCUT2D eigenvalue weighted by molar-refractivity contribution is 7.15. The minimum atomic E-state index is 0.684. The number of hydrogen-bond acceptors (Lipinski definition) is 3. The second kappa shape index (κ2) is 2.48. The molecule has 3 heteroatoms. The maximum Gasteiger partial charge on any atom is 0.182 e. The summed E-state index contributed by atoms with van der Waals surface area (Å²) in [6, 6.07) is 0. The third-order valence-corrected chi connectivity index (χ3v) is 3.36. The smallest absolute Gasteiger partial charge is 0.182 e. The van der Waals surface area contributed by atoms with Gasteiger partial charge in [0.25, 0.3) is 0 Å². The SMILES string of the molecule is CNc1nc2c(s1)CCC2C. The molecule has 1 aromatic heterocycles. The number of fused-ring (bicyclic) bond motifs is 1. The van der Waals surface area contributed by atoms with E-state index in [0.717, 1.165) is 5.13 Å². The van der Waals surface area contributed by atoms with Crippen molar-refractivity contribution in [1.29, 1.82) is 0 Å². The number of aryl methyl sites for hydroxylation is 1. The highest BCUT2D eigenvalue weighted by Gasteiger charge is 2.22. The van der Waals surface area contributed by atoms with E-state index in [2.05, 4.69) is 17.2 Å². The van der Waals surface area contributed by atoms with Gasteiger partial charge in [0.1, 0.15) is 0 Å². The number of nitrogens with one attached hydrogen (secondary N) is 1. The van der Waals surface area contributed by atoms with Gasteiger partial charge in [-0.25, -0.2) is 4.98 Å². The van der Waals surface area contributed by atoms with Gasteiger partial charge in [-0.1, -0.05) is 6.92 Å². The molecule has 2 rings (SSSR count). The highest BCUT2D eigenvalue weighted by Crippen LogP contribution is 2.37. The molecule has 2 nitrogen and oxygen atoms in total. The molecule has 0 saturated carbocycles. The predicted octanol–water partition coefficient (Wildman–Crippen LogP) is 2.23. The summed E-state index contributed by atoms with van der Waals surface area (Å²) in [4.78, 5) is 5.99. The first-order valence-electron chi connectivity index (χ1n) is 3.98. The Balaban J connectivity index is 2.38. The van der Waals surface area contributed by atoms with E-state index in [1.807, 2.05) is 7.05 Å². The van der Waals surface area contributed by atoms with Crippen molar-refractivity contribution in [1.82, 2.24) is 4.98 Å². The molecule has 1 N–H and O–H groups in total. The largest absolute Gasteiger partial charge is 0.365 e. The van der Waals surface area contributed by atoms with Crippen molar-refractivity contribution < 1.29 is 0 Å². The van der Waals surface area contributed by atoms with E-state index < -0.39 is 0 Å². The van der Waals surface area contributed by atoms with Gasteiger partial charge in [-0.05, 0) is 18.8 Å². The molecule has 0 amide bonds. The zero-order valence-corrected chi connectivity index (χ0v) is 7.66. The number of rotatable bonds is 1. The van der Waals surface area contributed by atoms with Crippen LogP contribution in [0.3, 0.4) is 0 Å². The molecule has 1 atom stereocenters. The van der Waals surface area contributed by atoms with Crippen LogP contribution in [0.5, 0.6) is 0 Å². The number of hydrogen-bond donors (Lipinski definition) is 1. The Bertz CT molecular complexity index is 267. The second-order valence-corrected chi connectivity index (χ2v) is 4.10. The second-order valence-electron chi connectivity index (χ2n) is 3.02. The van der Waals surface area contributed by atoms with Crippen LogP contribution in [0.15, 0.2) is 0 Å². The van der Waals surface area contributed by atoms with Gasteiger partial charge in [0, 0.05) is 11.9 Å². The van der Waals surface area contributed by atoms with Crippen LogP contribution in [0.1, 0.15) is 29.8 Å². The fourth-order valence-electron chi connectivity index (χ4n) is 1.52. The van der Waals surface area contributed by atoms with Crippen LogP contribution in [0, 0.1) is 0 Å². The Labute approximate surface area is 70.7 Å². The standard InChI is InChI=1S/C8H12N2S/c1-5-3-4-6-7(5)10-8(9-2)11-6/h5H,3-4H2,1-2H3,(H,9,10). The lowest BCUT2D eigenvalue weighted by atomic mass is 10.1. The Morgan fingerprint density at radius 3 is 3.09 bits per heavy atom. The van der Waals surface area contributed by atoms with Crippen LogP contribution >= 0.6 is 11.3 Å². The van der Waals surface area contributed by atoms with E-state index in [1.54, 1.807) is 11.3 Å². The predicted molar refractivity (Wildman–Crippen MR) is 48.4 cm³/mol. The first-order valence-corrected chi connectivity index (χ1v) is 4.80. The van der Waals surface area contributed by atoms with Crippen LogP contribution in [-0.4, -0.2) is 12.0 Å². The lowest BCUT2D eigenvalue weighted by Crippen LogP contribution is -1.90. The summed E-state index contributed by atoms with van der Waals surface area (Å²) >= 11 is 1.80. The molecule has 1 heterocycles. The van der Waals surface area contributed by atoms with Crippen molar-refractivity contribution in [2.24, 2.45) is 0 Å². The maximum absolute atomic E-state index is 4.50. The van der Waals surface area contributed by atoms with Crippen LogP contribution in [-0.2, 0) is 6.42 Å². The van der Waals surface area contributed by atoms with E-state index in [1.165, 1.54) is 23.4 Å². The minimum Gasteiger partial charge on any atom is -0.365 e. The molecule has 0 aliphatic heterocycles. The van der Waals surface area contributed by atoms with Gasteiger partial charge < -0.3 is 5.32 Å². The van der Waals surface area contributed by atoms with Gasteiger partial charge in [-0.3, -0.25) is 0 Å². The number of nitrogens with zero attached hydrogens (tertiary/aromatic N) is 1. The van der Waals surface area contributed by atoms with Crippen LogP contribution < -0.4 is 5.32 Å². The van der Waals surface area contributed by atoms with Crippen molar-refractivity contribution >= 4 is 16.5 Å². The summed E-state index contributed by atoms with van der Waals surface area (Å²) in [5.74, 6) is 0.684. The lowest BCUT2D eigenvalue weighted by Gasteiger charge is -1.97. The maximum atomic E-state index is 4.50. The topological polar surface area (TPSA) is 24.9 Å². The first kappa shape index (κ1) is 7.10. The molecule has 1 aliphatic rings. The monoisotopic (exact) mass is 168 g/mol. The third kappa shape index (κ3) is 1.03. The van der Waals surface area contributed by atoms with E-state index in [0.29, 0.717) is 5.92 Å². The summed E-state index contributed by atoms with van der Waals surface area (Å²) in [6.07, 6.45) is 2.52. The van der Waals surface area contributed by atoms with Crippen LogP contribution in [0.25, 0.3) is 0 Å². The quantitative estimate of drug-likeness (QED) is 0.695. The summed E-state index contributed by atoms with van der Waals surface area (Å²) in [5.41, 5.74) is 1.33. The fraction of sp³-hybridized carbons (Fsp3) is 0.625. The Morgan fingerprint density at radius 1 is 1.64 bits per heavy atom.